The second-order valence-electron chi connectivity index (χ2n) is 7.74. The van der Waals surface area contributed by atoms with Crippen molar-refractivity contribution in [1.82, 2.24) is 15.1 Å². The van der Waals surface area contributed by atoms with Gasteiger partial charge in [-0.05, 0) is 39.7 Å². The van der Waals surface area contributed by atoms with E-state index in [1.165, 1.54) is 38.5 Å². The van der Waals surface area contributed by atoms with E-state index in [1.807, 2.05) is 27.8 Å². The minimum Gasteiger partial charge on any atom is -0.444 e. The molecule has 2 N–H and O–H groups in total. The van der Waals surface area contributed by atoms with Crippen LogP contribution < -0.4 is 10.6 Å². The van der Waals surface area contributed by atoms with E-state index in [9.17, 15) is 4.79 Å². The average molecular weight is 336 g/mol. The number of carbonyl (C=O) groups is 1. The van der Waals surface area contributed by atoms with Crippen LogP contribution in [0.25, 0.3) is 0 Å². The summed E-state index contributed by atoms with van der Waals surface area (Å²) in [6.45, 7) is 7.26. The highest BCUT2D eigenvalue weighted by atomic mass is 16.6. The molecule has 1 amide bonds. The smallest absolute Gasteiger partial charge is 0.413 e. The zero-order chi connectivity index (χ0) is 17.6. The number of aryl methyl sites for hydroxylation is 1. The number of carbonyl (C=O) groups excluding carboxylic acids is 1. The third-order valence-corrected chi connectivity index (χ3v) is 4.40. The number of aromatic nitrogens is 2. The predicted molar refractivity (Wildman–Crippen MR) is 96.0 cm³/mol. The van der Waals surface area contributed by atoms with Gasteiger partial charge < -0.3 is 10.1 Å². The van der Waals surface area contributed by atoms with Crippen molar-refractivity contribution in [2.75, 3.05) is 11.9 Å². The Morgan fingerprint density at radius 2 is 2.04 bits per heavy atom. The highest BCUT2D eigenvalue weighted by molar-refractivity contribution is 5.84. The first kappa shape index (κ1) is 18.8. The monoisotopic (exact) mass is 336 g/mol. The van der Waals surface area contributed by atoms with Crippen molar-refractivity contribution in [3.63, 3.8) is 0 Å². The molecule has 0 radical (unpaired) electrons. The summed E-state index contributed by atoms with van der Waals surface area (Å²) in [6.07, 6.45) is 9.50. The maximum atomic E-state index is 12.0. The van der Waals surface area contributed by atoms with Gasteiger partial charge in [0.2, 0.25) is 0 Å². The van der Waals surface area contributed by atoms with Crippen molar-refractivity contribution in [3.05, 3.63) is 11.8 Å². The van der Waals surface area contributed by atoms with Crippen molar-refractivity contribution in [1.29, 1.82) is 0 Å². The lowest BCUT2D eigenvalue weighted by Gasteiger charge is -2.21. The molecule has 1 fully saturated rings. The van der Waals surface area contributed by atoms with Crippen LogP contribution in [-0.4, -0.2) is 28.0 Å². The molecule has 0 bridgehead atoms. The number of nitrogens with zero attached hydrogens (tertiary/aromatic N) is 2. The minimum atomic E-state index is -0.513. The number of ether oxygens (including phenoxy) is 1. The van der Waals surface area contributed by atoms with Gasteiger partial charge >= 0.3 is 6.09 Å². The normalized spacial score (nSPS) is 16.2. The maximum Gasteiger partial charge on any atom is 0.413 e. The Morgan fingerprint density at radius 1 is 1.33 bits per heavy atom. The Labute approximate surface area is 145 Å². The van der Waals surface area contributed by atoms with Gasteiger partial charge in [0.25, 0.3) is 0 Å². The summed E-state index contributed by atoms with van der Waals surface area (Å²) in [6, 6.07) is 0. The standard InChI is InChI=1S/C18H32N4O2/c1-18(2,3)24-17(23)21-16-15(13-20-22(16)4)12-19-11-10-14-8-6-5-7-9-14/h13-14,19H,5-12H2,1-4H3,(H,21,23). The Morgan fingerprint density at radius 3 is 2.71 bits per heavy atom. The summed E-state index contributed by atoms with van der Waals surface area (Å²) < 4.78 is 6.98. The van der Waals surface area contributed by atoms with Gasteiger partial charge in [-0.1, -0.05) is 32.1 Å². The zero-order valence-corrected chi connectivity index (χ0v) is 15.5. The third-order valence-electron chi connectivity index (χ3n) is 4.40. The largest absolute Gasteiger partial charge is 0.444 e. The van der Waals surface area contributed by atoms with E-state index in [1.54, 1.807) is 10.9 Å². The molecule has 0 aliphatic heterocycles. The second-order valence-corrected chi connectivity index (χ2v) is 7.74. The van der Waals surface area contributed by atoms with Crippen LogP contribution in [0, 0.1) is 5.92 Å². The van der Waals surface area contributed by atoms with Gasteiger partial charge in [-0.2, -0.15) is 5.10 Å². The van der Waals surface area contributed by atoms with E-state index >= 15 is 0 Å². The molecule has 1 heterocycles. The fourth-order valence-electron chi connectivity index (χ4n) is 3.18. The molecule has 0 atom stereocenters. The quantitative estimate of drug-likeness (QED) is 0.775. The van der Waals surface area contributed by atoms with Gasteiger partial charge in [-0.3, -0.25) is 10.00 Å². The van der Waals surface area contributed by atoms with Crippen molar-refractivity contribution in [2.45, 2.75) is 71.4 Å². The minimum absolute atomic E-state index is 0.449. The molecule has 1 saturated carbocycles. The second kappa shape index (κ2) is 8.51. The first-order valence-electron chi connectivity index (χ1n) is 9.07. The summed E-state index contributed by atoms with van der Waals surface area (Å²) in [5, 5.41) is 10.5. The van der Waals surface area contributed by atoms with Gasteiger partial charge in [0.15, 0.2) is 0 Å². The molecule has 1 aliphatic carbocycles. The first-order chi connectivity index (χ1) is 11.3. The summed E-state index contributed by atoms with van der Waals surface area (Å²) >= 11 is 0. The van der Waals surface area contributed by atoms with Crippen LogP contribution in [-0.2, 0) is 18.3 Å². The Balaban J connectivity index is 1.79. The fourth-order valence-corrected chi connectivity index (χ4v) is 3.18. The molecule has 6 heteroatoms. The number of rotatable bonds is 6. The number of nitrogens with one attached hydrogen (secondary N) is 2. The lowest BCUT2D eigenvalue weighted by molar-refractivity contribution is 0.0634. The topological polar surface area (TPSA) is 68.2 Å². The summed E-state index contributed by atoms with van der Waals surface area (Å²) in [7, 11) is 1.82. The van der Waals surface area contributed by atoms with Gasteiger partial charge in [0, 0.05) is 19.2 Å². The fraction of sp³-hybridized carbons (Fsp3) is 0.778. The van der Waals surface area contributed by atoms with Crippen molar-refractivity contribution in [2.24, 2.45) is 13.0 Å². The van der Waals surface area contributed by atoms with Crippen LogP contribution >= 0.6 is 0 Å². The molecule has 0 saturated heterocycles. The molecule has 1 aromatic heterocycles. The van der Waals surface area contributed by atoms with Gasteiger partial charge in [-0.15, -0.1) is 0 Å². The van der Waals surface area contributed by atoms with Gasteiger partial charge in [0.05, 0.1) is 6.20 Å². The summed E-state index contributed by atoms with van der Waals surface area (Å²) in [4.78, 5) is 12.0. The van der Waals surface area contributed by atoms with Crippen LogP contribution in [0.3, 0.4) is 0 Å². The lowest BCUT2D eigenvalue weighted by atomic mass is 9.87. The summed E-state index contributed by atoms with van der Waals surface area (Å²) in [5.41, 5.74) is 0.466. The van der Waals surface area contributed by atoms with Crippen molar-refractivity contribution >= 4 is 11.9 Å². The van der Waals surface area contributed by atoms with Crippen LogP contribution in [0.2, 0.25) is 0 Å². The molecule has 136 valence electrons. The number of anilines is 1. The van der Waals surface area contributed by atoms with Crippen LogP contribution in [0.1, 0.15) is 64.9 Å². The van der Waals surface area contributed by atoms with E-state index in [-0.39, 0.29) is 0 Å². The molecule has 1 aliphatic rings. The molecule has 0 spiro atoms. The molecule has 24 heavy (non-hydrogen) atoms. The van der Waals surface area contributed by atoms with Crippen LogP contribution in [0.4, 0.5) is 10.6 Å². The SMILES string of the molecule is Cn1ncc(CNCCC2CCCCC2)c1NC(=O)OC(C)(C)C. The van der Waals surface area contributed by atoms with Crippen molar-refractivity contribution < 1.29 is 9.53 Å². The van der Waals surface area contributed by atoms with Crippen LogP contribution in [0.15, 0.2) is 6.20 Å². The first-order valence-corrected chi connectivity index (χ1v) is 9.07. The molecule has 2 rings (SSSR count). The predicted octanol–water partition coefficient (Wildman–Crippen LogP) is 3.83. The molecular formula is C18H32N4O2. The maximum absolute atomic E-state index is 12.0. The Hall–Kier alpha value is -1.56. The number of amides is 1. The van der Waals surface area contributed by atoms with Crippen LogP contribution in [0.5, 0.6) is 0 Å². The molecule has 0 aromatic carbocycles. The lowest BCUT2D eigenvalue weighted by Crippen LogP contribution is -2.28. The molecule has 6 nitrogen and oxygen atoms in total. The molecule has 1 aromatic rings. The average Bonchev–Trinajstić information content (AvgIpc) is 2.84. The van der Waals surface area contributed by atoms with E-state index in [0.29, 0.717) is 12.4 Å². The number of hydrogen-bond donors (Lipinski definition) is 2. The Kier molecular flexibility index (Phi) is 6.66. The van der Waals surface area contributed by atoms with E-state index in [4.69, 9.17) is 4.74 Å². The van der Waals surface area contributed by atoms with Gasteiger partial charge in [0.1, 0.15) is 11.4 Å². The summed E-state index contributed by atoms with van der Waals surface area (Å²) in [5.74, 6) is 1.56. The highest BCUT2D eigenvalue weighted by Crippen LogP contribution is 2.25. The third kappa shape index (κ3) is 6.15. The van der Waals surface area contributed by atoms with E-state index in [2.05, 4.69) is 15.7 Å². The Bertz CT molecular complexity index is 528. The van der Waals surface area contributed by atoms with Gasteiger partial charge in [-0.25, -0.2) is 4.79 Å². The van der Waals surface area contributed by atoms with E-state index < -0.39 is 11.7 Å². The van der Waals surface area contributed by atoms with E-state index in [0.717, 1.165) is 18.0 Å². The molecular weight excluding hydrogens is 304 g/mol. The zero-order valence-electron chi connectivity index (χ0n) is 15.5. The van der Waals surface area contributed by atoms with Crippen molar-refractivity contribution in [3.8, 4) is 0 Å². The molecule has 0 unspecified atom stereocenters. The number of hydrogen-bond acceptors (Lipinski definition) is 4. The highest BCUT2D eigenvalue weighted by Gasteiger charge is 2.19.